The normalized spacial score (nSPS) is 10.1. The van der Waals surface area contributed by atoms with Crippen molar-refractivity contribution in [1.82, 2.24) is 4.98 Å². The van der Waals surface area contributed by atoms with E-state index in [1.54, 1.807) is 18.3 Å². The zero-order valence-corrected chi connectivity index (χ0v) is 8.84. The van der Waals surface area contributed by atoms with Crippen LogP contribution in [0, 0.1) is 6.92 Å². The Morgan fingerprint density at radius 1 is 1.31 bits per heavy atom. The minimum Gasteiger partial charge on any atom is -0.507 e. The molecule has 1 aromatic heterocycles. The first kappa shape index (κ1) is 10.4. The van der Waals surface area contributed by atoms with Crippen LogP contribution in [0.2, 0.25) is 0 Å². The average Bonchev–Trinajstić information content (AvgIpc) is 2.31. The van der Waals surface area contributed by atoms with Crippen LogP contribution < -0.4 is 0 Å². The highest BCUT2D eigenvalue weighted by Crippen LogP contribution is 2.30. The summed E-state index contributed by atoms with van der Waals surface area (Å²) in [5.74, 6) is 0.132. The molecule has 0 aliphatic heterocycles. The number of aromatic nitrogens is 1. The standard InChI is InChI=1S/C13H11NO2/c1-9-3-2-6-14-13(9)11-7-10(8-15)4-5-12(11)16/h2-8,16H,1H3. The molecular weight excluding hydrogens is 202 g/mol. The number of hydrogen-bond donors (Lipinski definition) is 1. The fourth-order valence-corrected chi connectivity index (χ4v) is 1.58. The van der Waals surface area contributed by atoms with Gasteiger partial charge in [0.05, 0.1) is 5.69 Å². The quantitative estimate of drug-likeness (QED) is 0.780. The maximum absolute atomic E-state index is 10.7. The number of nitrogens with zero attached hydrogens (tertiary/aromatic N) is 1. The van der Waals surface area contributed by atoms with Gasteiger partial charge in [0.25, 0.3) is 0 Å². The number of phenols is 1. The third kappa shape index (κ3) is 1.80. The summed E-state index contributed by atoms with van der Waals surface area (Å²) in [6, 6.07) is 8.46. The van der Waals surface area contributed by atoms with Crippen LogP contribution in [0.5, 0.6) is 5.75 Å². The van der Waals surface area contributed by atoms with Crippen molar-refractivity contribution in [2.75, 3.05) is 0 Å². The Morgan fingerprint density at radius 3 is 2.81 bits per heavy atom. The second kappa shape index (κ2) is 4.14. The lowest BCUT2D eigenvalue weighted by atomic mass is 10.0. The zero-order valence-electron chi connectivity index (χ0n) is 8.84. The molecule has 0 radical (unpaired) electrons. The minimum atomic E-state index is 0.132. The number of phenolic OH excluding ortho intramolecular Hbond substituents is 1. The third-order valence-corrected chi connectivity index (χ3v) is 2.42. The molecule has 1 heterocycles. The number of aryl methyl sites for hydroxylation is 1. The first-order valence-electron chi connectivity index (χ1n) is 4.92. The van der Waals surface area contributed by atoms with Gasteiger partial charge in [0.15, 0.2) is 0 Å². The van der Waals surface area contributed by atoms with E-state index in [0.29, 0.717) is 16.8 Å². The second-order valence-electron chi connectivity index (χ2n) is 3.56. The Balaban J connectivity index is 2.63. The van der Waals surface area contributed by atoms with E-state index in [4.69, 9.17) is 0 Å². The molecule has 1 N–H and O–H groups in total. The number of aldehydes is 1. The van der Waals surface area contributed by atoms with E-state index in [1.807, 2.05) is 19.1 Å². The molecule has 0 aliphatic carbocycles. The third-order valence-electron chi connectivity index (χ3n) is 2.42. The predicted molar refractivity (Wildman–Crippen MR) is 61.5 cm³/mol. The summed E-state index contributed by atoms with van der Waals surface area (Å²) in [7, 11) is 0. The highest BCUT2D eigenvalue weighted by atomic mass is 16.3. The van der Waals surface area contributed by atoms with Crippen LogP contribution in [0.25, 0.3) is 11.3 Å². The van der Waals surface area contributed by atoms with Crippen molar-refractivity contribution in [3.8, 4) is 17.0 Å². The molecule has 2 aromatic rings. The summed E-state index contributed by atoms with van der Waals surface area (Å²) < 4.78 is 0. The monoisotopic (exact) mass is 213 g/mol. The largest absolute Gasteiger partial charge is 0.507 e. The molecule has 0 unspecified atom stereocenters. The molecule has 80 valence electrons. The summed E-state index contributed by atoms with van der Waals surface area (Å²) in [6.07, 6.45) is 2.41. The van der Waals surface area contributed by atoms with Gasteiger partial charge in [-0.1, -0.05) is 6.07 Å². The summed E-state index contributed by atoms with van der Waals surface area (Å²) in [4.78, 5) is 14.9. The summed E-state index contributed by atoms with van der Waals surface area (Å²) in [5.41, 5.74) is 2.77. The van der Waals surface area contributed by atoms with E-state index in [-0.39, 0.29) is 5.75 Å². The van der Waals surface area contributed by atoms with Crippen LogP contribution in [0.4, 0.5) is 0 Å². The van der Waals surface area contributed by atoms with Gasteiger partial charge in [-0.25, -0.2) is 0 Å². The molecule has 16 heavy (non-hydrogen) atoms. The molecule has 0 saturated heterocycles. The SMILES string of the molecule is Cc1cccnc1-c1cc(C=O)ccc1O. The molecule has 0 aliphatic rings. The molecule has 0 amide bonds. The van der Waals surface area contributed by atoms with Gasteiger partial charge in [0, 0.05) is 17.3 Å². The van der Waals surface area contributed by atoms with Gasteiger partial charge in [-0.05, 0) is 36.8 Å². The van der Waals surface area contributed by atoms with Gasteiger partial charge in [0.1, 0.15) is 12.0 Å². The molecule has 0 bridgehead atoms. The first-order valence-corrected chi connectivity index (χ1v) is 4.92. The van der Waals surface area contributed by atoms with Crippen LogP contribution in [0.3, 0.4) is 0 Å². The fourth-order valence-electron chi connectivity index (χ4n) is 1.58. The van der Waals surface area contributed by atoms with Gasteiger partial charge in [-0.3, -0.25) is 9.78 Å². The van der Waals surface area contributed by atoms with Crippen LogP contribution in [-0.4, -0.2) is 16.4 Å². The smallest absolute Gasteiger partial charge is 0.150 e. The number of aromatic hydroxyl groups is 1. The Hall–Kier alpha value is -2.16. The van der Waals surface area contributed by atoms with E-state index in [0.717, 1.165) is 11.8 Å². The Morgan fingerprint density at radius 2 is 2.12 bits per heavy atom. The maximum Gasteiger partial charge on any atom is 0.150 e. The van der Waals surface area contributed by atoms with Gasteiger partial charge in [-0.15, -0.1) is 0 Å². The van der Waals surface area contributed by atoms with Crippen LogP contribution in [0.15, 0.2) is 36.5 Å². The molecule has 2 rings (SSSR count). The number of carbonyl (C=O) groups is 1. The number of hydrogen-bond acceptors (Lipinski definition) is 3. The zero-order chi connectivity index (χ0) is 11.5. The van der Waals surface area contributed by atoms with Crippen molar-refractivity contribution in [1.29, 1.82) is 0 Å². The number of benzene rings is 1. The van der Waals surface area contributed by atoms with Crippen molar-refractivity contribution in [2.24, 2.45) is 0 Å². The summed E-state index contributed by atoms with van der Waals surface area (Å²) in [5, 5.41) is 9.75. The number of rotatable bonds is 2. The van der Waals surface area contributed by atoms with Gasteiger partial charge in [-0.2, -0.15) is 0 Å². The molecular formula is C13H11NO2. The highest BCUT2D eigenvalue weighted by molar-refractivity contribution is 5.81. The molecule has 0 atom stereocenters. The summed E-state index contributed by atoms with van der Waals surface area (Å²) >= 11 is 0. The van der Waals surface area contributed by atoms with E-state index < -0.39 is 0 Å². The highest BCUT2D eigenvalue weighted by Gasteiger charge is 2.08. The maximum atomic E-state index is 10.7. The molecule has 0 saturated carbocycles. The number of pyridine rings is 1. The average molecular weight is 213 g/mol. The van der Waals surface area contributed by atoms with Gasteiger partial charge >= 0.3 is 0 Å². The van der Waals surface area contributed by atoms with E-state index >= 15 is 0 Å². The van der Waals surface area contributed by atoms with Crippen molar-refractivity contribution >= 4 is 6.29 Å². The van der Waals surface area contributed by atoms with Crippen molar-refractivity contribution in [2.45, 2.75) is 6.92 Å². The lowest BCUT2D eigenvalue weighted by molar-refractivity contribution is 0.112. The topological polar surface area (TPSA) is 50.2 Å². The van der Waals surface area contributed by atoms with E-state index in [9.17, 15) is 9.90 Å². The molecule has 3 nitrogen and oxygen atoms in total. The van der Waals surface area contributed by atoms with Crippen LogP contribution in [-0.2, 0) is 0 Å². The van der Waals surface area contributed by atoms with Crippen molar-refractivity contribution in [3.63, 3.8) is 0 Å². The second-order valence-corrected chi connectivity index (χ2v) is 3.56. The van der Waals surface area contributed by atoms with Crippen molar-refractivity contribution in [3.05, 3.63) is 47.7 Å². The molecule has 0 spiro atoms. The van der Waals surface area contributed by atoms with Crippen LogP contribution >= 0.6 is 0 Å². The predicted octanol–water partition coefficient (Wildman–Crippen LogP) is 2.58. The van der Waals surface area contributed by atoms with Gasteiger partial charge in [0.2, 0.25) is 0 Å². The lowest BCUT2D eigenvalue weighted by Gasteiger charge is -2.07. The van der Waals surface area contributed by atoms with E-state index in [1.165, 1.54) is 6.07 Å². The fraction of sp³-hybridized carbons (Fsp3) is 0.0769. The minimum absolute atomic E-state index is 0.132. The van der Waals surface area contributed by atoms with Gasteiger partial charge < -0.3 is 5.11 Å². The van der Waals surface area contributed by atoms with Crippen LogP contribution in [0.1, 0.15) is 15.9 Å². The Kier molecular flexibility index (Phi) is 2.68. The Labute approximate surface area is 93.4 Å². The lowest BCUT2D eigenvalue weighted by Crippen LogP contribution is -1.89. The van der Waals surface area contributed by atoms with E-state index in [2.05, 4.69) is 4.98 Å². The molecule has 1 aromatic carbocycles. The molecule has 0 fully saturated rings. The van der Waals surface area contributed by atoms with Crippen molar-refractivity contribution < 1.29 is 9.90 Å². The molecule has 3 heteroatoms. The summed E-state index contributed by atoms with van der Waals surface area (Å²) in [6.45, 7) is 1.91. The number of carbonyl (C=O) groups excluding carboxylic acids is 1. The first-order chi connectivity index (χ1) is 7.72. The Bertz CT molecular complexity index is 535.